The van der Waals surface area contributed by atoms with Gasteiger partial charge >= 0.3 is 0 Å². The van der Waals surface area contributed by atoms with Crippen LogP contribution in [0.1, 0.15) is 61.7 Å². The molecule has 0 unspecified atom stereocenters. The predicted octanol–water partition coefficient (Wildman–Crippen LogP) is 5.12. The molecule has 4 aromatic rings. The van der Waals surface area contributed by atoms with E-state index < -0.39 is 58.1 Å². The molecule has 1 saturated heterocycles. The third-order valence-electron chi connectivity index (χ3n) is 9.29. The van der Waals surface area contributed by atoms with E-state index in [-0.39, 0.29) is 16.8 Å². The average Bonchev–Trinajstić information content (AvgIpc) is 3.34. The maximum atomic E-state index is 14.5. The van der Waals surface area contributed by atoms with Crippen LogP contribution in [0.4, 0.5) is 5.69 Å². The zero-order chi connectivity index (χ0) is 31.6. The quantitative estimate of drug-likeness (QED) is 0.124. The minimum Gasteiger partial charge on any atom is -0.497 e. The van der Waals surface area contributed by atoms with Crippen LogP contribution in [-0.2, 0) is 9.59 Å². The molecule has 1 aliphatic heterocycles. The van der Waals surface area contributed by atoms with Crippen molar-refractivity contribution >= 4 is 29.2 Å². The summed E-state index contributed by atoms with van der Waals surface area (Å²) in [5.41, 5.74) is 3.90. The van der Waals surface area contributed by atoms with E-state index in [4.69, 9.17) is 4.74 Å². The van der Waals surface area contributed by atoms with E-state index in [0.717, 1.165) is 32.3 Å². The molecule has 224 valence electrons. The van der Waals surface area contributed by atoms with Crippen LogP contribution in [0.25, 0.3) is 0 Å². The van der Waals surface area contributed by atoms with Crippen LogP contribution in [0.15, 0.2) is 97.1 Å². The summed E-state index contributed by atoms with van der Waals surface area (Å²) >= 11 is 0. The van der Waals surface area contributed by atoms with Gasteiger partial charge in [-0.1, -0.05) is 48.5 Å². The minimum absolute atomic E-state index is 0.0139. The molecule has 1 fully saturated rings. The van der Waals surface area contributed by atoms with Crippen LogP contribution in [0.5, 0.6) is 5.75 Å². The molecular formula is C35H27N3O7. The number of rotatable bonds is 7. The molecular weight excluding hydrogens is 574 g/mol. The van der Waals surface area contributed by atoms with Gasteiger partial charge in [-0.15, -0.1) is 0 Å². The lowest BCUT2D eigenvalue weighted by molar-refractivity contribution is -0.384. The van der Waals surface area contributed by atoms with Crippen LogP contribution >= 0.6 is 0 Å². The van der Waals surface area contributed by atoms with Crippen molar-refractivity contribution in [1.82, 2.24) is 10.0 Å². The number of benzene rings is 4. The molecule has 3 atom stereocenters. The van der Waals surface area contributed by atoms with Gasteiger partial charge in [-0.2, -0.15) is 5.01 Å². The molecule has 8 rings (SSSR count). The van der Waals surface area contributed by atoms with Crippen LogP contribution in [-0.4, -0.2) is 51.6 Å². The van der Waals surface area contributed by atoms with Gasteiger partial charge in [0.1, 0.15) is 11.8 Å². The fourth-order valence-electron chi connectivity index (χ4n) is 7.28. The van der Waals surface area contributed by atoms with Crippen LogP contribution < -0.4 is 4.74 Å². The Kier molecular flexibility index (Phi) is 6.58. The fraction of sp³-hybridized carbons (Fsp3) is 0.200. The predicted molar refractivity (Wildman–Crippen MR) is 161 cm³/mol. The summed E-state index contributed by atoms with van der Waals surface area (Å²) in [4.78, 5) is 67.8. The summed E-state index contributed by atoms with van der Waals surface area (Å²) in [6.45, 7) is 1.47. The molecule has 3 amide bonds. The first-order valence-electron chi connectivity index (χ1n) is 14.5. The number of nitro groups is 1. The van der Waals surface area contributed by atoms with E-state index in [1.165, 1.54) is 38.3 Å². The number of carbonyl (C=O) groups excluding carboxylic acids is 4. The smallest absolute Gasteiger partial charge is 0.273 e. The molecule has 3 aliphatic carbocycles. The van der Waals surface area contributed by atoms with Crippen molar-refractivity contribution in [3.05, 3.63) is 141 Å². The van der Waals surface area contributed by atoms with Gasteiger partial charge in [-0.3, -0.25) is 29.3 Å². The Morgan fingerprint density at radius 3 is 1.62 bits per heavy atom. The molecule has 2 bridgehead atoms. The highest BCUT2D eigenvalue weighted by atomic mass is 16.6. The van der Waals surface area contributed by atoms with Gasteiger partial charge < -0.3 is 4.74 Å². The summed E-state index contributed by atoms with van der Waals surface area (Å²) in [5.74, 6) is -4.26. The first-order chi connectivity index (χ1) is 21.7. The number of amides is 3. The van der Waals surface area contributed by atoms with Crippen molar-refractivity contribution in [1.29, 1.82) is 0 Å². The second-order valence-corrected chi connectivity index (χ2v) is 11.5. The summed E-state index contributed by atoms with van der Waals surface area (Å²) in [6, 6.07) is 25.5. The third-order valence-corrected chi connectivity index (χ3v) is 9.29. The third kappa shape index (κ3) is 4.16. The number of nitrogens with zero attached hydrogens (tertiary/aromatic N) is 3. The number of nitro benzene ring substituents is 1. The molecule has 0 radical (unpaired) electrons. The minimum atomic E-state index is -1.28. The summed E-state index contributed by atoms with van der Waals surface area (Å²) in [7, 11) is 1.50. The molecule has 1 heterocycles. The Morgan fingerprint density at radius 2 is 1.20 bits per heavy atom. The van der Waals surface area contributed by atoms with Gasteiger partial charge in [0.15, 0.2) is 5.78 Å². The average molecular weight is 602 g/mol. The second-order valence-electron chi connectivity index (χ2n) is 11.5. The SMILES string of the molecule is COc1ccc(C(=O)[C@H](C)N(C(=O)c2ccc([N+](=O)[O-])cc2)N2C(=O)[C@@H]3C4c5ccccc5C(c5ccccc54)[C@H]3C2=O)cc1. The lowest BCUT2D eigenvalue weighted by atomic mass is 9.55. The highest BCUT2D eigenvalue weighted by molar-refractivity contribution is 6.11. The van der Waals surface area contributed by atoms with Crippen LogP contribution in [0.2, 0.25) is 0 Å². The van der Waals surface area contributed by atoms with Gasteiger partial charge in [-0.05, 0) is 65.6 Å². The first kappa shape index (κ1) is 28.1. The Labute approximate surface area is 258 Å². The zero-order valence-corrected chi connectivity index (χ0v) is 24.3. The molecule has 45 heavy (non-hydrogen) atoms. The number of carbonyl (C=O) groups is 4. The Morgan fingerprint density at radius 1 is 0.756 bits per heavy atom. The number of imide groups is 1. The number of ketones is 1. The van der Waals surface area contributed by atoms with Crippen molar-refractivity contribution in [3.8, 4) is 5.75 Å². The molecule has 4 aliphatic rings. The van der Waals surface area contributed by atoms with Gasteiger partial charge in [-0.25, -0.2) is 5.01 Å². The zero-order valence-electron chi connectivity index (χ0n) is 24.3. The Balaban J connectivity index is 1.34. The summed E-state index contributed by atoms with van der Waals surface area (Å²) in [6.07, 6.45) is 0. The van der Waals surface area contributed by atoms with E-state index in [1.54, 1.807) is 24.3 Å². The topological polar surface area (TPSA) is 127 Å². The van der Waals surface area contributed by atoms with Crippen molar-refractivity contribution < 1.29 is 28.8 Å². The number of Topliss-reactive ketones (excluding diaryl/α,β-unsaturated/α-hetero) is 1. The van der Waals surface area contributed by atoms with Gasteiger partial charge in [0.2, 0.25) is 0 Å². The molecule has 0 N–H and O–H groups in total. The second kappa shape index (κ2) is 10.5. The maximum Gasteiger partial charge on any atom is 0.273 e. The number of ether oxygens (including phenoxy) is 1. The normalized spacial score (nSPS) is 21.4. The fourth-order valence-corrected chi connectivity index (χ4v) is 7.28. The lowest BCUT2D eigenvalue weighted by Crippen LogP contribution is -2.56. The molecule has 0 spiro atoms. The lowest BCUT2D eigenvalue weighted by Gasteiger charge is -2.45. The highest BCUT2D eigenvalue weighted by Gasteiger charge is 2.63. The highest BCUT2D eigenvalue weighted by Crippen LogP contribution is 2.61. The Bertz CT molecular complexity index is 1790. The number of hydrazine groups is 1. The van der Waals surface area contributed by atoms with Crippen LogP contribution in [0, 0.1) is 22.0 Å². The monoisotopic (exact) mass is 601 g/mol. The molecule has 0 aromatic heterocycles. The number of non-ortho nitro benzene ring substituents is 1. The van der Waals surface area contributed by atoms with Crippen molar-refractivity contribution in [2.45, 2.75) is 24.8 Å². The van der Waals surface area contributed by atoms with E-state index in [1.807, 2.05) is 48.5 Å². The first-order valence-corrected chi connectivity index (χ1v) is 14.5. The summed E-state index contributed by atoms with van der Waals surface area (Å²) in [5, 5.41) is 13.1. The van der Waals surface area contributed by atoms with Gasteiger partial charge in [0, 0.05) is 35.1 Å². The number of hydrogen-bond acceptors (Lipinski definition) is 7. The van der Waals surface area contributed by atoms with Crippen molar-refractivity contribution in [3.63, 3.8) is 0 Å². The van der Waals surface area contributed by atoms with E-state index >= 15 is 0 Å². The number of hydrogen-bond donors (Lipinski definition) is 0. The van der Waals surface area contributed by atoms with Crippen LogP contribution in [0.3, 0.4) is 0 Å². The number of methoxy groups -OCH3 is 1. The molecule has 10 heteroatoms. The van der Waals surface area contributed by atoms with E-state index in [2.05, 4.69) is 0 Å². The van der Waals surface area contributed by atoms with E-state index in [0.29, 0.717) is 5.75 Å². The standard InChI is InChI=1S/C35H27N3O7/c1-19(32(39)20-13-17-23(45-2)18-14-20)36(33(40)21-11-15-22(16-12-21)38(43)44)37-34(41)30-28-24-7-3-4-8-25(24)29(31(30)35(37)42)27-10-6-5-9-26(27)28/h3-19,28-31H,1-2H3/t19-,28?,29?,30+,31+/m0/s1. The largest absolute Gasteiger partial charge is 0.497 e. The van der Waals surface area contributed by atoms with E-state index in [9.17, 15) is 29.3 Å². The van der Waals surface area contributed by atoms with Crippen molar-refractivity contribution in [2.75, 3.05) is 7.11 Å². The van der Waals surface area contributed by atoms with Crippen molar-refractivity contribution in [2.24, 2.45) is 11.8 Å². The molecule has 0 saturated carbocycles. The molecule has 10 nitrogen and oxygen atoms in total. The summed E-state index contributed by atoms with van der Waals surface area (Å²) < 4.78 is 5.20. The van der Waals surface area contributed by atoms with Gasteiger partial charge in [0.25, 0.3) is 23.4 Å². The maximum absolute atomic E-state index is 14.5. The molecule has 4 aromatic carbocycles. The Hall–Kier alpha value is -5.64. The van der Waals surface area contributed by atoms with Gasteiger partial charge in [0.05, 0.1) is 23.9 Å².